The minimum absolute atomic E-state index is 0.321. The highest BCUT2D eigenvalue weighted by atomic mass is 32.2. The summed E-state index contributed by atoms with van der Waals surface area (Å²) in [6.45, 7) is 5.28. The molecule has 1 fully saturated rings. The molecular weight excluding hydrogens is 212 g/mol. The number of rotatable bonds is 4. The van der Waals surface area contributed by atoms with Gasteiger partial charge in [-0.2, -0.15) is 0 Å². The van der Waals surface area contributed by atoms with Crippen molar-refractivity contribution in [3.05, 3.63) is 0 Å². The van der Waals surface area contributed by atoms with E-state index >= 15 is 0 Å². The fourth-order valence-corrected chi connectivity index (χ4v) is 2.52. The Kier molecular flexibility index (Phi) is 5.56. The molecule has 0 radical (unpaired) electrons. The molecule has 15 heavy (non-hydrogen) atoms. The van der Waals surface area contributed by atoms with Gasteiger partial charge < -0.3 is 10.2 Å². The van der Waals surface area contributed by atoms with Crippen LogP contribution in [-0.2, 0) is 9.84 Å². The SMILES string of the molecule is CS(=O)(=O)CCCN1CCCNCCC1. The van der Waals surface area contributed by atoms with Gasteiger partial charge in [0.2, 0.25) is 0 Å². The minimum Gasteiger partial charge on any atom is -0.317 e. The van der Waals surface area contributed by atoms with Crippen LogP contribution >= 0.6 is 0 Å². The van der Waals surface area contributed by atoms with Crippen molar-refractivity contribution in [3.8, 4) is 0 Å². The summed E-state index contributed by atoms with van der Waals surface area (Å²) >= 11 is 0. The molecule has 1 aliphatic heterocycles. The molecule has 0 aliphatic carbocycles. The second-order valence-electron chi connectivity index (χ2n) is 4.28. The molecule has 4 nitrogen and oxygen atoms in total. The lowest BCUT2D eigenvalue weighted by Gasteiger charge is -2.24. The van der Waals surface area contributed by atoms with Gasteiger partial charge in [0.1, 0.15) is 9.84 Å². The van der Waals surface area contributed by atoms with Crippen LogP contribution in [0.5, 0.6) is 0 Å². The lowest BCUT2D eigenvalue weighted by molar-refractivity contribution is 0.253. The third-order valence-corrected chi connectivity index (χ3v) is 3.68. The van der Waals surface area contributed by atoms with Gasteiger partial charge in [-0.3, -0.25) is 0 Å². The first kappa shape index (κ1) is 12.9. The molecule has 5 heteroatoms. The van der Waals surface area contributed by atoms with E-state index in [0.717, 1.165) is 39.1 Å². The molecule has 0 unspecified atom stereocenters. The fraction of sp³-hybridized carbons (Fsp3) is 1.00. The van der Waals surface area contributed by atoms with Crippen LogP contribution in [0.3, 0.4) is 0 Å². The highest BCUT2D eigenvalue weighted by molar-refractivity contribution is 7.90. The molecule has 0 aromatic carbocycles. The molecule has 0 aromatic rings. The van der Waals surface area contributed by atoms with Crippen molar-refractivity contribution in [3.63, 3.8) is 0 Å². The highest BCUT2D eigenvalue weighted by Gasteiger charge is 2.08. The van der Waals surface area contributed by atoms with E-state index in [1.807, 2.05) is 0 Å². The van der Waals surface area contributed by atoms with Gasteiger partial charge in [0.15, 0.2) is 0 Å². The van der Waals surface area contributed by atoms with Gasteiger partial charge in [-0.25, -0.2) is 8.42 Å². The molecule has 0 aromatic heterocycles. The molecule has 1 N–H and O–H groups in total. The third-order valence-electron chi connectivity index (χ3n) is 2.65. The van der Waals surface area contributed by atoms with Crippen LogP contribution in [0.25, 0.3) is 0 Å². The Morgan fingerprint density at radius 3 is 2.33 bits per heavy atom. The summed E-state index contributed by atoms with van der Waals surface area (Å²) in [5.74, 6) is 0.321. The van der Waals surface area contributed by atoms with Gasteiger partial charge in [0, 0.05) is 6.26 Å². The van der Waals surface area contributed by atoms with E-state index in [4.69, 9.17) is 0 Å². The Hall–Kier alpha value is -0.130. The Morgan fingerprint density at radius 1 is 1.20 bits per heavy atom. The lowest BCUT2D eigenvalue weighted by atomic mass is 10.2. The molecule has 90 valence electrons. The van der Waals surface area contributed by atoms with Gasteiger partial charge in [-0.05, 0) is 52.0 Å². The van der Waals surface area contributed by atoms with Crippen LogP contribution in [0.1, 0.15) is 19.3 Å². The monoisotopic (exact) mass is 234 g/mol. The molecule has 1 aliphatic rings. The van der Waals surface area contributed by atoms with E-state index in [1.165, 1.54) is 19.1 Å². The van der Waals surface area contributed by atoms with Gasteiger partial charge >= 0.3 is 0 Å². The van der Waals surface area contributed by atoms with Crippen LogP contribution in [0.15, 0.2) is 0 Å². The summed E-state index contributed by atoms with van der Waals surface area (Å²) in [5, 5.41) is 3.37. The first-order valence-corrected chi connectivity index (χ1v) is 7.75. The number of hydrogen-bond donors (Lipinski definition) is 1. The largest absolute Gasteiger partial charge is 0.317 e. The fourth-order valence-electron chi connectivity index (χ4n) is 1.87. The van der Waals surface area contributed by atoms with E-state index in [1.54, 1.807) is 0 Å². The molecule has 0 spiro atoms. The quantitative estimate of drug-likeness (QED) is 0.750. The maximum Gasteiger partial charge on any atom is 0.147 e. The van der Waals surface area contributed by atoms with Crippen molar-refractivity contribution in [2.24, 2.45) is 0 Å². The summed E-state index contributed by atoms with van der Waals surface area (Å²) in [6.07, 6.45) is 4.41. The summed E-state index contributed by atoms with van der Waals surface area (Å²) in [4.78, 5) is 2.38. The standard InChI is InChI=1S/C10H22N2O2S/c1-15(13,14)10-4-9-12-7-2-5-11-6-3-8-12/h11H,2-10H2,1H3. The number of nitrogens with zero attached hydrogens (tertiary/aromatic N) is 1. The lowest BCUT2D eigenvalue weighted by Crippen LogP contribution is -2.35. The summed E-state index contributed by atoms with van der Waals surface area (Å²) < 4.78 is 21.9. The van der Waals surface area contributed by atoms with Crippen LogP contribution in [-0.4, -0.2) is 58.1 Å². The van der Waals surface area contributed by atoms with Crippen LogP contribution < -0.4 is 5.32 Å². The van der Waals surface area contributed by atoms with Crippen LogP contribution in [0, 0.1) is 0 Å². The Labute approximate surface area is 93.0 Å². The minimum atomic E-state index is -2.78. The summed E-state index contributed by atoms with van der Waals surface area (Å²) in [6, 6.07) is 0. The smallest absolute Gasteiger partial charge is 0.147 e. The highest BCUT2D eigenvalue weighted by Crippen LogP contribution is 2.00. The number of hydrogen-bond acceptors (Lipinski definition) is 4. The Morgan fingerprint density at radius 2 is 1.80 bits per heavy atom. The zero-order chi connectivity index (χ0) is 11.1. The van der Waals surface area contributed by atoms with Gasteiger partial charge in [-0.1, -0.05) is 0 Å². The maximum absolute atomic E-state index is 11.0. The zero-order valence-electron chi connectivity index (χ0n) is 9.54. The van der Waals surface area contributed by atoms with Crippen LogP contribution in [0.2, 0.25) is 0 Å². The average Bonchev–Trinajstić information content (AvgIpc) is 2.06. The number of sulfone groups is 1. The Balaban J connectivity index is 2.18. The predicted molar refractivity (Wildman–Crippen MR) is 62.9 cm³/mol. The molecule has 0 atom stereocenters. The second-order valence-corrected chi connectivity index (χ2v) is 6.54. The normalized spacial score (nSPS) is 20.9. The average molecular weight is 234 g/mol. The van der Waals surface area contributed by atoms with Gasteiger partial charge in [0.25, 0.3) is 0 Å². The Bertz CT molecular complexity index is 257. The molecule has 1 saturated heterocycles. The molecule has 0 saturated carbocycles. The summed E-state index contributed by atoms with van der Waals surface area (Å²) in [5.41, 5.74) is 0. The van der Waals surface area contributed by atoms with E-state index < -0.39 is 9.84 Å². The zero-order valence-corrected chi connectivity index (χ0v) is 10.4. The van der Waals surface area contributed by atoms with Crippen molar-refractivity contribution < 1.29 is 8.42 Å². The van der Waals surface area contributed by atoms with E-state index in [9.17, 15) is 8.42 Å². The summed E-state index contributed by atoms with van der Waals surface area (Å²) in [7, 11) is -2.78. The van der Waals surface area contributed by atoms with Crippen molar-refractivity contribution in [1.82, 2.24) is 10.2 Å². The molecular formula is C10H22N2O2S. The maximum atomic E-state index is 11.0. The predicted octanol–water partition coefficient (Wildman–Crippen LogP) is 0.107. The van der Waals surface area contributed by atoms with E-state index in [0.29, 0.717) is 5.75 Å². The molecule has 1 heterocycles. The first-order valence-electron chi connectivity index (χ1n) is 5.69. The van der Waals surface area contributed by atoms with Gasteiger partial charge in [0.05, 0.1) is 5.75 Å². The van der Waals surface area contributed by atoms with Crippen molar-refractivity contribution in [2.45, 2.75) is 19.3 Å². The first-order chi connectivity index (χ1) is 7.08. The van der Waals surface area contributed by atoms with Crippen LogP contribution in [0.4, 0.5) is 0 Å². The topological polar surface area (TPSA) is 49.4 Å². The molecule has 0 amide bonds. The molecule has 1 rings (SSSR count). The van der Waals surface area contributed by atoms with Crippen molar-refractivity contribution in [2.75, 3.05) is 44.7 Å². The van der Waals surface area contributed by atoms with E-state index in [-0.39, 0.29) is 0 Å². The third kappa shape index (κ3) is 6.87. The van der Waals surface area contributed by atoms with Crippen molar-refractivity contribution in [1.29, 1.82) is 0 Å². The van der Waals surface area contributed by atoms with Gasteiger partial charge in [-0.15, -0.1) is 0 Å². The van der Waals surface area contributed by atoms with Crippen molar-refractivity contribution >= 4 is 9.84 Å². The number of nitrogens with one attached hydrogen (secondary N) is 1. The molecule has 0 bridgehead atoms. The second kappa shape index (κ2) is 6.45. The van der Waals surface area contributed by atoms with E-state index in [2.05, 4.69) is 10.2 Å².